The van der Waals surface area contributed by atoms with Gasteiger partial charge in [-0.15, -0.1) is 0 Å². The van der Waals surface area contributed by atoms with Crippen LogP contribution in [0.5, 0.6) is 0 Å². The summed E-state index contributed by atoms with van der Waals surface area (Å²) in [5, 5.41) is 11.8. The highest BCUT2D eigenvalue weighted by atomic mass is 16.2. The highest BCUT2D eigenvalue weighted by Crippen LogP contribution is 2.42. The lowest BCUT2D eigenvalue weighted by Crippen LogP contribution is -2.31. The molecule has 2 aliphatic rings. The van der Waals surface area contributed by atoms with E-state index >= 15 is 0 Å². The van der Waals surface area contributed by atoms with E-state index in [0.717, 1.165) is 51.3 Å². The second-order valence-electron chi connectivity index (χ2n) is 8.62. The molecule has 1 aromatic carbocycles. The van der Waals surface area contributed by atoms with Gasteiger partial charge in [0.1, 0.15) is 5.82 Å². The summed E-state index contributed by atoms with van der Waals surface area (Å²) in [6.45, 7) is 5.02. The van der Waals surface area contributed by atoms with Gasteiger partial charge in [0.15, 0.2) is 0 Å². The van der Waals surface area contributed by atoms with Crippen molar-refractivity contribution in [3.63, 3.8) is 0 Å². The zero-order chi connectivity index (χ0) is 20.8. The second-order valence-corrected chi connectivity index (χ2v) is 8.62. The monoisotopic (exact) mass is 408 g/mol. The summed E-state index contributed by atoms with van der Waals surface area (Å²) >= 11 is 0. The molecule has 160 valence electrons. The third-order valence-corrected chi connectivity index (χ3v) is 6.45. The summed E-state index contributed by atoms with van der Waals surface area (Å²) in [5.74, 6) is 0.852. The van der Waals surface area contributed by atoms with E-state index in [4.69, 9.17) is 5.11 Å². The van der Waals surface area contributed by atoms with Gasteiger partial charge in [-0.3, -0.25) is 4.79 Å². The zero-order valence-electron chi connectivity index (χ0n) is 17.6. The lowest BCUT2D eigenvalue weighted by atomic mass is 9.86. The number of amides is 1. The molecule has 0 bridgehead atoms. The molecule has 6 heteroatoms. The van der Waals surface area contributed by atoms with Gasteiger partial charge >= 0.3 is 0 Å². The Morgan fingerprint density at radius 1 is 1.03 bits per heavy atom. The van der Waals surface area contributed by atoms with E-state index in [9.17, 15) is 4.79 Å². The third-order valence-electron chi connectivity index (χ3n) is 6.45. The first-order valence-corrected chi connectivity index (χ1v) is 11.1. The van der Waals surface area contributed by atoms with E-state index in [1.807, 2.05) is 6.07 Å². The van der Waals surface area contributed by atoms with Crippen LogP contribution in [0.25, 0.3) is 0 Å². The van der Waals surface area contributed by atoms with Crippen LogP contribution in [0.2, 0.25) is 0 Å². The van der Waals surface area contributed by atoms with Crippen molar-refractivity contribution in [2.24, 2.45) is 5.41 Å². The summed E-state index contributed by atoms with van der Waals surface area (Å²) in [6, 6.07) is 14.4. The average Bonchev–Trinajstić information content (AvgIpc) is 3.41. The second kappa shape index (κ2) is 9.47. The summed E-state index contributed by atoms with van der Waals surface area (Å²) in [6.07, 6.45) is 6.70. The first kappa shape index (κ1) is 20.7. The Labute approximate surface area is 178 Å². The van der Waals surface area contributed by atoms with Crippen LogP contribution >= 0.6 is 0 Å². The van der Waals surface area contributed by atoms with Crippen molar-refractivity contribution < 1.29 is 9.90 Å². The molecule has 2 aromatic rings. The summed E-state index contributed by atoms with van der Waals surface area (Å²) in [4.78, 5) is 21.9. The fourth-order valence-corrected chi connectivity index (χ4v) is 4.71. The van der Waals surface area contributed by atoms with E-state index in [0.29, 0.717) is 17.5 Å². The molecule has 2 fully saturated rings. The highest BCUT2D eigenvalue weighted by molar-refractivity contribution is 5.94. The molecule has 3 heterocycles. The van der Waals surface area contributed by atoms with Gasteiger partial charge in [0.2, 0.25) is 0 Å². The molecule has 6 nitrogen and oxygen atoms in total. The van der Waals surface area contributed by atoms with E-state index < -0.39 is 0 Å². The van der Waals surface area contributed by atoms with Crippen LogP contribution in [0.15, 0.2) is 48.7 Å². The number of pyridine rings is 1. The van der Waals surface area contributed by atoms with Crippen molar-refractivity contribution in [1.82, 2.24) is 10.3 Å². The molecular formula is C24H32N4O2. The Hall–Kier alpha value is -2.60. The first-order valence-electron chi connectivity index (χ1n) is 11.1. The molecule has 30 heavy (non-hydrogen) atoms. The summed E-state index contributed by atoms with van der Waals surface area (Å²) in [7, 11) is 0. The molecule has 0 radical (unpaired) electrons. The lowest BCUT2D eigenvalue weighted by molar-refractivity contribution is 0.0952. The fraction of sp³-hybridized carbons (Fsp3) is 0.500. The standard InChI is InChI=1S/C24H32N4O2/c29-16-6-2-5-12-26-23(30)20-9-13-25-22(17-20)28-15-11-24(19-28)10-14-27(18-24)21-7-3-1-4-8-21/h1,3-4,7-9,13,17,29H,2,5-6,10-12,14-16,18-19H2,(H,26,30). The molecule has 1 atom stereocenters. The number of aromatic nitrogens is 1. The van der Waals surface area contributed by atoms with Gasteiger partial charge in [0.05, 0.1) is 0 Å². The topological polar surface area (TPSA) is 68.7 Å². The number of para-hydroxylation sites is 1. The minimum atomic E-state index is -0.0484. The number of hydrogen-bond acceptors (Lipinski definition) is 5. The summed E-state index contributed by atoms with van der Waals surface area (Å²) < 4.78 is 0. The van der Waals surface area contributed by atoms with Crippen molar-refractivity contribution >= 4 is 17.4 Å². The van der Waals surface area contributed by atoms with Gasteiger partial charge in [0.25, 0.3) is 5.91 Å². The molecule has 2 N–H and O–H groups in total. The Morgan fingerprint density at radius 2 is 1.80 bits per heavy atom. The lowest BCUT2D eigenvalue weighted by Gasteiger charge is -2.26. The number of anilines is 2. The van der Waals surface area contributed by atoms with Crippen LogP contribution in [-0.4, -0.2) is 55.3 Å². The van der Waals surface area contributed by atoms with Crippen LogP contribution in [0.1, 0.15) is 42.5 Å². The van der Waals surface area contributed by atoms with Crippen molar-refractivity contribution in [2.45, 2.75) is 32.1 Å². The third kappa shape index (κ3) is 4.75. The molecule has 2 saturated heterocycles. The van der Waals surface area contributed by atoms with Crippen LogP contribution in [0.4, 0.5) is 11.5 Å². The summed E-state index contributed by atoms with van der Waals surface area (Å²) in [5.41, 5.74) is 2.28. The van der Waals surface area contributed by atoms with Gasteiger partial charge < -0.3 is 20.2 Å². The van der Waals surface area contributed by atoms with E-state index in [2.05, 4.69) is 50.4 Å². The van der Waals surface area contributed by atoms with Crippen molar-refractivity contribution in [3.05, 3.63) is 54.2 Å². The predicted octanol–water partition coefficient (Wildman–Crippen LogP) is 3.08. The predicted molar refractivity (Wildman–Crippen MR) is 120 cm³/mol. The highest BCUT2D eigenvalue weighted by Gasteiger charge is 2.43. The maximum Gasteiger partial charge on any atom is 0.251 e. The quantitative estimate of drug-likeness (QED) is 0.657. The minimum Gasteiger partial charge on any atom is -0.396 e. The number of aliphatic hydroxyl groups is 1. The van der Waals surface area contributed by atoms with Crippen LogP contribution < -0.4 is 15.1 Å². The number of hydrogen-bond donors (Lipinski definition) is 2. The molecule has 1 unspecified atom stereocenters. The molecular weight excluding hydrogens is 376 g/mol. The number of unbranched alkanes of at least 4 members (excludes halogenated alkanes) is 2. The van der Waals surface area contributed by atoms with Crippen molar-refractivity contribution in [3.8, 4) is 0 Å². The maximum atomic E-state index is 12.5. The van der Waals surface area contributed by atoms with Gasteiger partial charge in [-0.2, -0.15) is 0 Å². The van der Waals surface area contributed by atoms with Crippen LogP contribution in [-0.2, 0) is 0 Å². The largest absolute Gasteiger partial charge is 0.396 e. The van der Waals surface area contributed by atoms with E-state index in [1.165, 1.54) is 18.5 Å². The number of rotatable bonds is 8. The molecule has 0 saturated carbocycles. The van der Waals surface area contributed by atoms with Crippen molar-refractivity contribution in [2.75, 3.05) is 49.1 Å². The molecule has 2 aliphatic heterocycles. The normalized spacial score (nSPS) is 20.8. The minimum absolute atomic E-state index is 0.0484. The number of nitrogens with zero attached hydrogens (tertiary/aromatic N) is 3. The number of carbonyl (C=O) groups excluding carboxylic acids is 1. The molecule has 4 rings (SSSR count). The Kier molecular flexibility index (Phi) is 6.53. The van der Waals surface area contributed by atoms with Gasteiger partial charge in [0, 0.05) is 62.2 Å². The zero-order valence-corrected chi connectivity index (χ0v) is 17.6. The fourth-order valence-electron chi connectivity index (χ4n) is 4.71. The molecule has 1 amide bonds. The van der Waals surface area contributed by atoms with Gasteiger partial charge in [-0.05, 0) is 56.4 Å². The van der Waals surface area contributed by atoms with Crippen molar-refractivity contribution in [1.29, 1.82) is 0 Å². The molecule has 1 spiro atoms. The van der Waals surface area contributed by atoms with E-state index in [-0.39, 0.29) is 12.5 Å². The van der Waals surface area contributed by atoms with Gasteiger partial charge in [-0.25, -0.2) is 4.98 Å². The SMILES string of the molecule is O=C(NCCCCCO)c1ccnc(N2CCC3(CCN(c4ccccc4)C3)C2)c1. The maximum absolute atomic E-state index is 12.5. The number of benzene rings is 1. The first-order chi connectivity index (χ1) is 14.7. The Bertz CT molecular complexity index is 844. The number of carbonyl (C=O) groups is 1. The Balaban J connectivity index is 1.34. The van der Waals surface area contributed by atoms with Gasteiger partial charge in [-0.1, -0.05) is 18.2 Å². The van der Waals surface area contributed by atoms with E-state index in [1.54, 1.807) is 12.3 Å². The molecule has 0 aliphatic carbocycles. The Morgan fingerprint density at radius 3 is 2.60 bits per heavy atom. The van der Waals surface area contributed by atoms with Crippen LogP contribution in [0.3, 0.4) is 0 Å². The average molecular weight is 409 g/mol. The van der Waals surface area contributed by atoms with Crippen LogP contribution in [0, 0.1) is 5.41 Å². The molecule has 1 aromatic heterocycles. The smallest absolute Gasteiger partial charge is 0.251 e. The number of aliphatic hydroxyl groups excluding tert-OH is 1. The number of nitrogens with one attached hydrogen (secondary N) is 1.